The zero-order chi connectivity index (χ0) is 22.6. The standard InChI is InChI=1S/C21H23FN2O5S2/c1-4-24-19-16(28-2)11-12-17(29-3)20(19)30-21(24)23-18(25)6-5-13-31(26,27)15-9-7-14(22)8-10-15/h7-12H,4-6,13H2,1-3H3. The minimum Gasteiger partial charge on any atom is -0.495 e. The SMILES string of the molecule is CCn1c(=NC(=O)CCCS(=O)(=O)c2ccc(F)cc2)sc2c(OC)ccc(OC)c21. The van der Waals surface area contributed by atoms with Crippen LogP contribution >= 0.6 is 11.3 Å². The third-order valence-corrected chi connectivity index (χ3v) is 7.61. The topological polar surface area (TPSA) is 87.0 Å². The molecule has 166 valence electrons. The summed E-state index contributed by atoms with van der Waals surface area (Å²) in [6.07, 6.45) is 0.0956. The summed E-state index contributed by atoms with van der Waals surface area (Å²) >= 11 is 1.31. The molecule has 0 saturated carbocycles. The van der Waals surface area contributed by atoms with Crippen molar-refractivity contribution in [3.8, 4) is 11.5 Å². The summed E-state index contributed by atoms with van der Waals surface area (Å²) in [5.74, 6) is 0.159. The highest BCUT2D eigenvalue weighted by Crippen LogP contribution is 2.35. The number of benzene rings is 2. The molecule has 1 heterocycles. The van der Waals surface area contributed by atoms with Gasteiger partial charge in [0.2, 0.25) is 5.91 Å². The molecule has 31 heavy (non-hydrogen) atoms. The number of carbonyl (C=O) groups is 1. The zero-order valence-electron chi connectivity index (χ0n) is 17.4. The highest BCUT2D eigenvalue weighted by Gasteiger charge is 2.17. The van der Waals surface area contributed by atoms with Crippen molar-refractivity contribution in [2.24, 2.45) is 4.99 Å². The largest absolute Gasteiger partial charge is 0.495 e. The number of amides is 1. The molecule has 3 rings (SSSR count). The molecule has 0 atom stereocenters. The van der Waals surface area contributed by atoms with E-state index in [1.807, 2.05) is 11.5 Å². The third kappa shape index (κ3) is 4.96. The first-order chi connectivity index (χ1) is 14.8. The van der Waals surface area contributed by atoms with E-state index in [0.29, 0.717) is 22.8 Å². The van der Waals surface area contributed by atoms with Crippen LogP contribution in [0.1, 0.15) is 19.8 Å². The average Bonchev–Trinajstić information content (AvgIpc) is 3.11. The van der Waals surface area contributed by atoms with Gasteiger partial charge in [0.05, 0.1) is 24.9 Å². The molecule has 0 saturated heterocycles. The number of halogens is 1. The lowest BCUT2D eigenvalue weighted by molar-refractivity contribution is -0.118. The van der Waals surface area contributed by atoms with Crippen LogP contribution in [-0.4, -0.2) is 38.9 Å². The number of ether oxygens (including phenoxy) is 2. The molecule has 10 heteroatoms. The number of aromatic nitrogens is 1. The maximum absolute atomic E-state index is 13.0. The molecular weight excluding hydrogens is 443 g/mol. The number of carbonyl (C=O) groups excluding carboxylic acids is 1. The Labute approximate surface area is 183 Å². The van der Waals surface area contributed by atoms with Crippen LogP contribution < -0.4 is 14.3 Å². The second-order valence-electron chi connectivity index (χ2n) is 6.66. The first-order valence-electron chi connectivity index (χ1n) is 9.61. The summed E-state index contributed by atoms with van der Waals surface area (Å²) in [5.41, 5.74) is 0.791. The summed E-state index contributed by atoms with van der Waals surface area (Å²) in [5, 5.41) is 0. The monoisotopic (exact) mass is 466 g/mol. The van der Waals surface area contributed by atoms with Crippen LogP contribution in [0.15, 0.2) is 46.3 Å². The van der Waals surface area contributed by atoms with Crippen LogP contribution in [0.3, 0.4) is 0 Å². The van der Waals surface area contributed by atoms with Gasteiger partial charge in [0.25, 0.3) is 0 Å². The van der Waals surface area contributed by atoms with Gasteiger partial charge >= 0.3 is 0 Å². The van der Waals surface area contributed by atoms with Gasteiger partial charge in [-0.1, -0.05) is 11.3 Å². The Hall–Kier alpha value is -2.72. The molecule has 0 spiro atoms. The van der Waals surface area contributed by atoms with Crippen LogP contribution in [0.5, 0.6) is 11.5 Å². The van der Waals surface area contributed by atoms with Crippen LogP contribution in [0.25, 0.3) is 10.2 Å². The van der Waals surface area contributed by atoms with Crippen molar-refractivity contribution >= 4 is 37.3 Å². The molecule has 0 N–H and O–H groups in total. The Morgan fingerprint density at radius 2 is 1.74 bits per heavy atom. The van der Waals surface area contributed by atoms with Crippen LogP contribution in [-0.2, 0) is 21.2 Å². The van der Waals surface area contributed by atoms with Crippen molar-refractivity contribution in [2.75, 3.05) is 20.0 Å². The molecular formula is C21H23FN2O5S2. The minimum absolute atomic E-state index is 0.0212. The summed E-state index contributed by atoms with van der Waals surface area (Å²) in [4.78, 5) is 17.2. The van der Waals surface area contributed by atoms with Crippen molar-refractivity contribution in [3.05, 3.63) is 47.0 Å². The predicted molar refractivity (Wildman–Crippen MR) is 117 cm³/mol. The van der Waals surface area contributed by atoms with Crippen LogP contribution in [0.4, 0.5) is 4.39 Å². The van der Waals surface area contributed by atoms with Gasteiger partial charge in [0.15, 0.2) is 14.6 Å². The lowest BCUT2D eigenvalue weighted by Crippen LogP contribution is -2.16. The normalized spacial score (nSPS) is 12.3. The number of hydrogen-bond acceptors (Lipinski definition) is 6. The molecule has 0 unspecified atom stereocenters. The van der Waals surface area contributed by atoms with E-state index in [0.717, 1.165) is 22.3 Å². The number of fused-ring (bicyclic) bond motifs is 1. The number of sulfone groups is 1. The summed E-state index contributed by atoms with van der Waals surface area (Å²) < 4.78 is 51.3. The highest BCUT2D eigenvalue weighted by atomic mass is 32.2. The Morgan fingerprint density at radius 3 is 2.35 bits per heavy atom. The Balaban J connectivity index is 1.82. The summed E-state index contributed by atoms with van der Waals surface area (Å²) in [7, 11) is -0.451. The van der Waals surface area contributed by atoms with Gasteiger partial charge < -0.3 is 14.0 Å². The molecule has 7 nitrogen and oxygen atoms in total. The fourth-order valence-corrected chi connectivity index (χ4v) is 5.70. The maximum atomic E-state index is 13.0. The van der Waals surface area contributed by atoms with Gasteiger partial charge in [-0.3, -0.25) is 4.79 Å². The van der Waals surface area contributed by atoms with E-state index < -0.39 is 21.6 Å². The van der Waals surface area contributed by atoms with Crippen molar-refractivity contribution in [3.63, 3.8) is 0 Å². The molecule has 0 aliphatic rings. The summed E-state index contributed by atoms with van der Waals surface area (Å²) in [6, 6.07) is 8.23. The molecule has 3 aromatic rings. The molecule has 1 aromatic heterocycles. The van der Waals surface area contributed by atoms with Crippen molar-refractivity contribution in [2.45, 2.75) is 31.2 Å². The minimum atomic E-state index is -3.59. The number of hydrogen-bond donors (Lipinski definition) is 0. The number of methoxy groups -OCH3 is 2. The maximum Gasteiger partial charge on any atom is 0.248 e. The van der Waals surface area contributed by atoms with Gasteiger partial charge in [-0.05, 0) is 49.7 Å². The molecule has 0 fully saturated rings. The number of aryl methyl sites for hydroxylation is 1. The Bertz CT molecular complexity index is 1260. The first kappa shape index (κ1) is 23.0. The summed E-state index contributed by atoms with van der Waals surface area (Å²) in [6.45, 7) is 2.50. The van der Waals surface area contributed by atoms with Crippen LogP contribution in [0.2, 0.25) is 0 Å². The first-order valence-corrected chi connectivity index (χ1v) is 12.1. The average molecular weight is 467 g/mol. The second kappa shape index (κ2) is 9.61. The van der Waals surface area contributed by atoms with Gasteiger partial charge in [0, 0.05) is 13.0 Å². The molecule has 0 aliphatic carbocycles. The van der Waals surface area contributed by atoms with E-state index in [4.69, 9.17) is 9.47 Å². The van der Waals surface area contributed by atoms with Gasteiger partial charge in [-0.15, -0.1) is 0 Å². The van der Waals surface area contributed by atoms with Crippen molar-refractivity contribution in [1.29, 1.82) is 0 Å². The fourth-order valence-electron chi connectivity index (χ4n) is 3.17. The zero-order valence-corrected chi connectivity index (χ0v) is 19.1. The lowest BCUT2D eigenvalue weighted by Gasteiger charge is -2.08. The molecule has 2 aromatic carbocycles. The number of nitrogens with zero attached hydrogens (tertiary/aromatic N) is 2. The number of rotatable bonds is 8. The second-order valence-corrected chi connectivity index (χ2v) is 9.75. The van der Waals surface area contributed by atoms with Crippen molar-refractivity contribution < 1.29 is 27.1 Å². The predicted octanol–water partition coefficient (Wildman–Crippen LogP) is 3.56. The molecule has 0 bridgehead atoms. The van der Waals surface area contributed by atoms with E-state index in [-0.39, 0.29) is 23.5 Å². The lowest BCUT2D eigenvalue weighted by atomic mass is 10.3. The van der Waals surface area contributed by atoms with Gasteiger partial charge in [-0.2, -0.15) is 4.99 Å². The Kier molecular flexibility index (Phi) is 7.11. The quantitative estimate of drug-likeness (QED) is 0.474. The Morgan fingerprint density at radius 1 is 1.10 bits per heavy atom. The van der Waals surface area contributed by atoms with Crippen LogP contribution in [0, 0.1) is 5.82 Å². The van der Waals surface area contributed by atoms with Crippen molar-refractivity contribution in [1.82, 2.24) is 4.57 Å². The smallest absolute Gasteiger partial charge is 0.248 e. The number of thiazole rings is 1. The van der Waals surface area contributed by atoms with Gasteiger partial charge in [0.1, 0.15) is 27.5 Å². The van der Waals surface area contributed by atoms with E-state index in [2.05, 4.69) is 4.99 Å². The van der Waals surface area contributed by atoms with E-state index in [9.17, 15) is 17.6 Å². The van der Waals surface area contributed by atoms with E-state index in [1.165, 1.54) is 23.5 Å². The van der Waals surface area contributed by atoms with E-state index >= 15 is 0 Å². The fraction of sp³-hybridized carbons (Fsp3) is 0.333. The molecule has 0 radical (unpaired) electrons. The molecule has 1 amide bonds. The molecule has 0 aliphatic heterocycles. The van der Waals surface area contributed by atoms with E-state index in [1.54, 1.807) is 26.4 Å². The third-order valence-electron chi connectivity index (χ3n) is 4.71. The highest BCUT2D eigenvalue weighted by molar-refractivity contribution is 7.91. The van der Waals surface area contributed by atoms with Gasteiger partial charge in [-0.25, -0.2) is 12.8 Å².